The van der Waals surface area contributed by atoms with E-state index in [0.29, 0.717) is 11.0 Å². The van der Waals surface area contributed by atoms with E-state index in [9.17, 15) is 13.2 Å². The van der Waals surface area contributed by atoms with Gasteiger partial charge in [0.15, 0.2) is 5.16 Å². The van der Waals surface area contributed by atoms with E-state index in [1.807, 2.05) is 32.0 Å². The minimum absolute atomic E-state index is 0.0292. The summed E-state index contributed by atoms with van der Waals surface area (Å²) in [5, 5.41) is 3.18. The Hall–Kier alpha value is -3.10. The van der Waals surface area contributed by atoms with Gasteiger partial charge in [0, 0.05) is 5.69 Å². The number of benzene rings is 3. The zero-order valence-corrected chi connectivity index (χ0v) is 18.7. The zero-order chi connectivity index (χ0) is 22.0. The van der Waals surface area contributed by atoms with Crippen LogP contribution in [0.3, 0.4) is 0 Å². The van der Waals surface area contributed by atoms with Gasteiger partial charge in [0.2, 0.25) is 5.91 Å². The van der Waals surface area contributed by atoms with Crippen LogP contribution in [0.25, 0.3) is 11.0 Å². The topological polar surface area (TPSA) is 81.1 Å². The van der Waals surface area contributed by atoms with Gasteiger partial charge < -0.3 is 5.32 Å². The fraction of sp³-hybridized carbons (Fsp3) is 0.130. The summed E-state index contributed by atoms with van der Waals surface area (Å²) in [5.74, 6) is -0.195. The van der Waals surface area contributed by atoms with Crippen LogP contribution in [-0.2, 0) is 14.8 Å². The first-order valence-electron chi connectivity index (χ1n) is 9.65. The van der Waals surface area contributed by atoms with Crippen molar-refractivity contribution in [3.05, 3.63) is 83.9 Å². The van der Waals surface area contributed by atoms with Crippen LogP contribution >= 0.6 is 11.8 Å². The summed E-state index contributed by atoms with van der Waals surface area (Å²) >= 11 is 1.09. The average Bonchev–Trinajstić information content (AvgIpc) is 3.15. The van der Waals surface area contributed by atoms with Gasteiger partial charge in [0.05, 0.1) is 21.7 Å². The maximum atomic E-state index is 13.4. The molecule has 0 saturated heterocycles. The molecule has 0 aliphatic heterocycles. The van der Waals surface area contributed by atoms with Gasteiger partial charge in [0.25, 0.3) is 10.0 Å². The molecule has 1 N–H and O–H groups in total. The summed E-state index contributed by atoms with van der Waals surface area (Å²) in [6.45, 7) is 3.86. The van der Waals surface area contributed by atoms with Gasteiger partial charge in [-0.3, -0.25) is 4.79 Å². The Labute approximate surface area is 185 Å². The monoisotopic (exact) mass is 451 g/mol. The molecule has 0 atom stereocenters. The second kappa shape index (κ2) is 8.56. The molecule has 31 heavy (non-hydrogen) atoms. The average molecular weight is 452 g/mol. The molecule has 3 aromatic carbocycles. The number of fused-ring (bicyclic) bond motifs is 1. The summed E-state index contributed by atoms with van der Waals surface area (Å²) in [6, 6.07) is 21.1. The second-order valence-corrected chi connectivity index (χ2v) is 9.80. The number of rotatable bonds is 6. The van der Waals surface area contributed by atoms with Crippen LogP contribution in [0.15, 0.2) is 82.8 Å². The molecule has 1 aromatic heterocycles. The number of carbonyl (C=O) groups is 1. The molecule has 0 radical (unpaired) electrons. The lowest BCUT2D eigenvalue weighted by atomic mass is 10.1. The van der Waals surface area contributed by atoms with Crippen molar-refractivity contribution >= 4 is 44.4 Å². The van der Waals surface area contributed by atoms with Crippen LogP contribution in [0.4, 0.5) is 5.69 Å². The van der Waals surface area contributed by atoms with Gasteiger partial charge in [0.1, 0.15) is 0 Å². The number of nitrogens with zero attached hydrogens (tertiary/aromatic N) is 2. The van der Waals surface area contributed by atoms with Crippen molar-refractivity contribution in [3.8, 4) is 0 Å². The third-order valence-corrected chi connectivity index (χ3v) is 7.62. The number of imidazole rings is 1. The summed E-state index contributed by atoms with van der Waals surface area (Å²) in [7, 11) is -3.87. The Morgan fingerprint density at radius 1 is 0.935 bits per heavy atom. The molecule has 0 fully saturated rings. The molecule has 0 unspecified atom stereocenters. The van der Waals surface area contributed by atoms with Crippen LogP contribution < -0.4 is 5.32 Å². The van der Waals surface area contributed by atoms with Gasteiger partial charge >= 0.3 is 0 Å². The highest BCUT2D eigenvalue weighted by atomic mass is 32.2. The van der Waals surface area contributed by atoms with E-state index in [1.54, 1.807) is 54.6 Å². The SMILES string of the molecule is Cc1cccc(C)c1NC(=O)CSc1nc2ccccc2n1S(=O)(=O)c1ccccc1. The number of hydrogen-bond donors (Lipinski definition) is 1. The predicted octanol–water partition coefficient (Wildman–Crippen LogP) is 4.62. The molecular formula is C23H21N3O3S2. The van der Waals surface area contributed by atoms with E-state index in [1.165, 1.54) is 3.97 Å². The molecule has 0 bridgehead atoms. The van der Waals surface area contributed by atoms with E-state index < -0.39 is 10.0 Å². The second-order valence-electron chi connectivity index (χ2n) is 7.07. The highest BCUT2D eigenvalue weighted by molar-refractivity contribution is 8.00. The third kappa shape index (κ3) is 4.22. The van der Waals surface area contributed by atoms with E-state index in [2.05, 4.69) is 10.3 Å². The Balaban J connectivity index is 1.66. The summed E-state index contributed by atoms with van der Waals surface area (Å²) in [4.78, 5) is 17.3. The fourth-order valence-electron chi connectivity index (χ4n) is 3.32. The predicted molar refractivity (Wildman–Crippen MR) is 124 cm³/mol. The molecule has 6 nitrogen and oxygen atoms in total. The standard InChI is InChI=1S/C23H21N3O3S2/c1-16-9-8-10-17(2)22(16)25-21(27)15-30-23-24-19-13-6-7-14-20(19)26(23)31(28,29)18-11-4-3-5-12-18/h3-14H,15H2,1-2H3,(H,25,27). The number of carbonyl (C=O) groups excluding carboxylic acids is 1. The molecule has 0 spiro atoms. The number of aryl methyl sites for hydroxylation is 2. The van der Waals surface area contributed by atoms with E-state index >= 15 is 0 Å². The summed E-state index contributed by atoms with van der Waals surface area (Å²) in [6.07, 6.45) is 0. The van der Waals surface area contributed by atoms with Crippen molar-refractivity contribution in [2.75, 3.05) is 11.1 Å². The van der Waals surface area contributed by atoms with E-state index in [-0.39, 0.29) is 21.7 Å². The Kier molecular flexibility index (Phi) is 5.84. The fourth-order valence-corrected chi connectivity index (χ4v) is 5.86. The molecule has 8 heteroatoms. The smallest absolute Gasteiger partial charge is 0.270 e. The van der Waals surface area contributed by atoms with E-state index in [0.717, 1.165) is 28.6 Å². The van der Waals surface area contributed by atoms with Gasteiger partial charge in [-0.1, -0.05) is 60.3 Å². The normalized spacial score (nSPS) is 11.5. The number of amides is 1. The maximum absolute atomic E-state index is 13.4. The van der Waals surface area contributed by atoms with Crippen LogP contribution in [0.1, 0.15) is 11.1 Å². The number of anilines is 1. The maximum Gasteiger partial charge on any atom is 0.270 e. The molecular weight excluding hydrogens is 430 g/mol. The lowest BCUT2D eigenvalue weighted by Crippen LogP contribution is -2.18. The van der Waals surface area contributed by atoms with Crippen LogP contribution in [0.5, 0.6) is 0 Å². The molecule has 4 rings (SSSR count). The van der Waals surface area contributed by atoms with Crippen molar-refractivity contribution in [2.45, 2.75) is 23.9 Å². The van der Waals surface area contributed by atoms with Crippen LogP contribution in [-0.4, -0.2) is 29.0 Å². The van der Waals surface area contributed by atoms with Gasteiger partial charge in [-0.2, -0.15) is 0 Å². The first-order chi connectivity index (χ1) is 14.9. The van der Waals surface area contributed by atoms with Gasteiger partial charge in [-0.15, -0.1) is 0 Å². The van der Waals surface area contributed by atoms with Gasteiger partial charge in [-0.25, -0.2) is 17.4 Å². The molecule has 4 aromatic rings. The first kappa shape index (κ1) is 21.1. The quantitative estimate of drug-likeness (QED) is 0.433. The lowest BCUT2D eigenvalue weighted by molar-refractivity contribution is -0.113. The first-order valence-corrected chi connectivity index (χ1v) is 12.1. The van der Waals surface area contributed by atoms with Crippen molar-refractivity contribution in [1.82, 2.24) is 8.96 Å². The molecule has 0 aliphatic carbocycles. The number of thioether (sulfide) groups is 1. The van der Waals surface area contributed by atoms with Crippen molar-refractivity contribution in [2.24, 2.45) is 0 Å². The molecule has 158 valence electrons. The summed E-state index contributed by atoms with van der Waals surface area (Å²) < 4.78 is 27.9. The highest BCUT2D eigenvalue weighted by Gasteiger charge is 2.25. The number of aromatic nitrogens is 2. The van der Waals surface area contributed by atoms with E-state index in [4.69, 9.17) is 0 Å². The summed E-state index contributed by atoms with van der Waals surface area (Å²) in [5.41, 5.74) is 3.75. The third-order valence-electron chi connectivity index (χ3n) is 4.85. The Morgan fingerprint density at radius 3 is 2.29 bits per heavy atom. The van der Waals surface area contributed by atoms with Crippen LogP contribution in [0, 0.1) is 13.8 Å². The van der Waals surface area contributed by atoms with Gasteiger partial charge in [-0.05, 0) is 49.2 Å². The van der Waals surface area contributed by atoms with Crippen molar-refractivity contribution in [3.63, 3.8) is 0 Å². The molecule has 0 aliphatic rings. The highest BCUT2D eigenvalue weighted by Crippen LogP contribution is 2.29. The van der Waals surface area contributed by atoms with Crippen LogP contribution in [0.2, 0.25) is 0 Å². The minimum Gasteiger partial charge on any atom is -0.325 e. The number of para-hydroxylation sites is 3. The Morgan fingerprint density at radius 2 is 1.58 bits per heavy atom. The minimum atomic E-state index is -3.87. The largest absolute Gasteiger partial charge is 0.325 e. The number of nitrogens with one attached hydrogen (secondary N) is 1. The molecule has 1 heterocycles. The Bertz CT molecular complexity index is 1340. The molecule has 1 amide bonds. The lowest BCUT2D eigenvalue weighted by Gasteiger charge is -2.12. The van der Waals surface area contributed by atoms with Crippen molar-refractivity contribution in [1.29, 1.82) is 0 Å². The molecule has 0 saturated carbocycles. The zero-order valence-electron chi connectivity index (χ0n) is 17.1. The number of hydrogen-bond acceptors (Lipinski definition) is 5. The van der Waals surface area contributed by atoms with Crippen molar-refractivity contribution < 1.29 is 13.2 Å².